The van der Waals surface area contributed by atoms with Crippen molar-refractivity contribution in [2.45, 2.75) is 12.8 Å². The Bertz CT molecular complexity index is 442. The van der Waals surface area contributed by atoms with Gasteiger partial charge in [0.2, 0.25) is 0 Å². The molecule has 0 spiro atoms. The molecule has 3 nitrogen and oxygen atoms in total. The van der Waals surface area contributed by atoms with Crippen molar-refractivity contribution in [1.82, 2.24) is 4.98 Å². The number of hydrogen-bond donors (Lipinski definition) is 0. The van der Waals surface area contributed by atoms with Crippen LogP contribution in [-0.2, 0) is 9.53 Å². The van der Waals surface area contributed by atoms with Gasteiger partial charge in [-0.15, -0.1) is 0 Å². The topological polar surface area (TPSA) is 39.2 Å². The highest BCUT2D eigenvalue weighted by atomic mass is 19.1. The number of carbonyl (C=O) groups is 1. The molecule has 0 saturated heterocycles. The molecule has 0 radical (unpaired) electrons. The van der Waals surface area contributed by atoms with Crippen LogP contribution in [0.3, 0.4) is 0 Å². The molecule has 0 aromatic carbocycles. The molecule has 4 heteroatoms. The van der Waals surface area contributed by atoms with Crippen LogP contribution in [-0.4, -0.2) is 18.1 Å². The van der Waals surface area contributed by atoms with Gasteiger partial charge in [-0.3, -0.25) is 9.78 Å². The van der Waals surface area contributed by atoms with Gasteiger partial charge >= 0.3 is 5.97 Å². The molecular weight excluding hydrogens is 209 g/mol. The third-order valence-corrected chi connectivity index (χ3v) is 2.71. The average molecular weight is 221 g/mol. The summed E-state index contributed by atoms with van der Waals surface area (Å²) in [6, 6.07) is 1.43. The summed E-state index contributed by atoms with van der Waals surface area (Å²) in [5, 5.41) is 0. The molecule has 84 valence electrons. The average Bonchev–Trinajstić information content (AvgIpc) is 2.77. The Labute approximate surface area is 93.0 Å². The molecule has 0 bridgehead atoms. The largest absolute Gasteiger partial charge is 0.469 e. The molecule has 1 aliphatic carbocycles. The number of nitrogens with zero attached hydrogens (tertiary/aromatic N) is 1. The maximum absolute atomic E-state index is 13.0. The predicted octanol–water partition coefficient (Wildman–Crippen LogP) is 2.19. The first-order valence-corrected chi connectivity index (χ1v) is 5.10. The number of ether oxygens (including phenoxy) is 1. The SMILES string of the molecule is COC(=O)C1C=C(c2cncc(F)c2)CC1. The minimum atomic E-state index is -0.361. The lowest BCUT2D eigenvalue weighted by atomic mass is 10.1. The van der Waals surface area contributed by atoms with E-state index in [1.807, 2.05) is 6.08 Å². The number of pyridine rings is 1. The molecular formula is C12H12FNO2. The third kappa shape index (κ3) is 2.10. The Morgan fingerprint density at radius 2 is 2.38 bits per heavy atom. The number of halogens is 1. The smallest absolute Gasteiger partial charge is 0.312 e. The fourth-order valence-corrected chi connectivity index (χ4v) is 1.89. The summed E-state index contributed by atoms with van der Waals surface area (Å²) in [5.74, 6) is -0.803. The van der Waals surface area contributed by atoms with Crippen molar-refractivity contribution < 1.29 is 13.9 Å². The Morgan fingerprint density at radius 1 is 1.56 bits per heavy atom. The Morgan fingerprint density at radius 3 is 3.06 bits per heavy atom. The van der Waals surface area contributed by atoms with Gasteiger partial charge in [0.1, 0.15) is 5.82 Å². The second kappa shape index (κ2) is 4.43. The highest BCUT2D eigenvalue weighted by Crippen LogP contribution is 2.31. The molecule has 1 atom stereocenters. The van der Waals surface area contributed by atoms with Gasteiger partial charge in [0.05, 0.1) is 19.2 Å². The van der Waals surface area contributed by atoms with Gasteiger partial charge in [0.15, 0.2) is 0 Å². The van der Waals surface area contributed by atoms with E-state index in [9.17, 15) is 9.18 Å². The van der Waals surface area contributed by atoms with Crippen LogP contribution < -0.4 is 0 Å². The molecule has 2 rings (SSSR count). The van der Waals surface area contributed by atoms with Crippen molar-refractivity contribution >= 4 is 11.5 Å². The van der Waals surface area contributed by atoms with E-state index in [4.69, 9.17) is 0 Å². The summed E-state index contributed by atoms with van der Waals surface area (Å²) in [6.45, 7) is 0. The van der Waals surface area contributed by atoms with Crippen LogP contribution in [0.1, 0.15) is 18.4 Å². The molecule has 0 fully saturated rings. The number of methoxy groups -OCH3 is 1. The molecule has 1 heterocycles. The molecule has 1 aromatic rings. The molecule has 0 aliphatic heterocycles. The van der Waals surface area contributed by atoms with E-state index in [0.29, 0.717) is 0 Å². The van der Waals surface area contributed by atoms with Crippen molar-refractivity contribution in [2.24, 2.45) is 5.92 Å². The summed E-state index contributed by atoms with van der Waals surface area (Å²) in [4.78, 5) is 15.1. The van der Waals surface area contributed by atoms with Crippen LogP contribution in [0.5, 0.6) is 0 Å². The number of aromatic nitrogens is 1. The zero-order chi connectivity index (χ0) is 11.5. The second-order valence-electron chi connectivity index (χ2n) is 3.75. The first kappa shape index (κ1) is 10.8. The number of allylic oxidation sites excluding steroid dienone is 1. The first-order valence-electron chi connectivity index (χ1n) is 5.10. The van der Waals surface area contributed by atoms with Crippen LogP contribution in [0, 0.1) is 11.7 Å². The summed E-state index contributed by atoms with van der Waals surface area (Å²) < 4.78 is 17.6. The lowest BCUT2D eigenvalue weighted by Crippen LogP contribution is -2.10. The van der Waals surface area contributed by atoms with Crippen LogP contribution in [0.4, 0.5) is 4.39 Å². The van der Waals surface area contributed by atoms with Crippen LogP contribution in [0.2, 0.25) is 0 Å². The van der Waals surface area contributed by atoms with Gasteiger partial charge < -0.3 is 4.74 Å². The van der Waals surface area contributed by atoms with Gasteiger partial charge in [-0.25, -0.2) is 4.39 Å². The highest BCUT2D eigenvalue weighted by molar-refractivity contribution is 5.80. The zero-order valence-corrected chi connectivity index (χ0v) is 8.94. The minimum absolute atomic E-state index is 0.205. The van der Waals surface area contributed by atoms with E-state index in [-0.39, 0.29) is 17.7 Å². The van der Waals surface area contributed by atoms with Gasteiger partial charge in [0.25, 0.3) is 0 Å². The van der Waals surface area contributed by atoms with Crippen molar-refractivity contribution in [1.29, 1.82) is 0 Å². The lowest BCUT2D eigenvalue weighted by Gasteiger charge is -2.02. The summed E-state index contributed by atoms with van der Waals surface area (Å²) in [5.41, 5.74) is 1.70. The Kier molecular flexibility index (Phi) is 2.99. The minimum Gasteiger partial charge on any atom is -0.469 e. The van der Waals surface area contributed by atoms with Gasteiger partial charge in [-0.2, -0.15) is 0 Å². The molecule has 1 aromatic heterocycles. The zero-order valence-electron chi connectivity index (χ0n) is 8.94. The monoisotopic (exact) mass is 221 g/mol. The van der Waals surface area contributed by atoms with E-state index in [1.54, 1.807) is 6.20 Å². The fourth-order valence-electron chi connectivity index (χ4n) is 1.89. The Balaban J connectivity index is 2.21. The highest BCUT2D eigenvalue weighted by Gasteiger charge is 2.23. The third-order valence-electron chi connectivity index (χ3n) is 2.71. The van der Waals surface area contributed by atoms with Crippen molar-refractivity contribution in [3.05, 3.63) is 35.9 Å². The normalized spacial score (nSPS) is 19.4. The predicted molar refractivity (Wildman–Crippen MR) is 56.9 cm³/mol. The van der Waals surface area contributed by atoms with E-state index in [1.165, 1.54) is 13.2 Å². The van der Waals surface area contributed by atoms with Crippen LogP contribution >= 0.6 is 0 Å². The van der Waals surface area contributed by atoms with E-state index < -0.39 is 0 Å². The molecule has 0 saturated carbocycles. The molecule has 1 aliphatic rings. The first-order chi connectivity index (χ1) is 7.70. The number of carbonyl (C=O) groups excluding carboxylic acids is 1. The number of rotatable bonds is 2. The summed E-state index contributed by atoms with van der Waals surface area (Å²) in [6.07, 6.45) is 6.08. The standard InChI is InChI=1S/C12H12FNO2/c1-16-12(15)9-3-2-8(4-9)10-5-11(13)7-14-6-10/h4-7,9H,2-3H2,1H3. The second-order valence-corrected chi connectivity index (χ2v) is 3.75. The molecule has 1 unspecified atom stereocenters. The van der Waals surface area contributed by atoms with Gasteiger partial charge in [-0.1, -0.05) is 6.08 Å². The fraction of sp³-hybridized carbons (Fsp3) is 0.333. The maximum Gasteiger partial charge on any atom is 0.312 e. The van der Waals surface area contributed by atoms with E-state index in [0.717, 1.165) is 30.2 Å². The van der Waals surface area contributed by atoms with Crippen molar-refractivity contribution in [3.8, 4) is 0 Å². The lowest BCUT2D eigenvalue weighted by molar-refractivity contribution is -0.143. The van der Waals surface area contributed by atoms with Gasteiger partial charge in [-0.05, 0) is 30.0 Å². The van der Waals surface area contributed by atoms with E-state index in [2.05, 4.69) is 9.72 Å². The molecule has 16 heavy (non-hydrogen) atoms. The number of esters is 1. The summed E-state index contributed by atoms with van der Waals surface area (Å²) in [7, 11) is 1.37. The maximum atomic E-state index is 13.0. The molecule has 0 N–H and O–H groups in total. The van der Waals surface area contributed by atoms with Crippen molar-refractivity contribution in [3.63, 3.8) is 0 Å². The van der Waals surface area contributed by atoms with Crippen LogP contribution in [0.25, 0.3) is 5.57 Å². The number of hydrogen-bond acceptors (Lipinski definition) is 3. The Hall–Kier alpha value is -1.71. The summed E-state index contributed by atoms with van der Waals surface area (Å²) >= 11 is 0. The van der Waals surface area contributed by atoms with Crippen LogP contribution in [0.15, 0.2) is 24.5 Å². The van der Waals surface area contributed by atoms with Crippen molar-refractivity contribution in [2.75, 3.05) is 7.11 Å². The molecule has 0 amide bonds. The quantitative estimate of drug-likeness (QED) is 0.718. The van der Waals surface area contributed by atoms with E-state index >= 15 is 0 Å². The van der Waals surface area contributed by atoms with Gasteiger partial charge in [0, 0.05) is 6.20 Å².